The van der Waals surface area contributed by atoms with Crippen molar-refractivity contribution in [2.45, 2.75) is 33.8 Å². The van der Waals surface area contributed by atoms with Crippen LogP contribution in [0.4, 0.5) is 5.69 Å². The molecule has 1 aliphatic heterocycles. The predicted octanol–water partition coefficient (Wildman–Crippen LogP) is 2.15. The number of aryl methyl sites for hydroxylation is 1. The highest BCUT2D eigenvalue weighted by molar-refractivity contribution is 6.24. The van der Waals surface area contributed by atoms with E-state index in [-0.39, 0.29) is 17.0 Å². The van der Waals surface area contributed by atoms with Crippen molar-refractivity contribution >= 4 is 35.0 Å². The molecule has 0 saturated heterocycles. The number of ether oxygens (including phenoxy) is 1. The SMILES string of the molecule is CC(=O)c1c(C)[nH]c(C(=O)C(C)OC(=O)CN2C(=O)c3cccc([N+](=O)[O-])c3C2=O)c1C. The number of rotatable bonds is 7. The number of hydrogen-bond acceptors (Lipinski definition) is 8. The van der Waals surface area contributed by atoms with Gasteiger partial charge in [-0.05, 0) is 39.3 Å². The Morgan fingerprint density at radius 1 is 1.19 bits per heavy atom. The van der Waals surface area contributed by atoms with Crippen LogP contribution >= 0.6 is 0 Å². The third-order valence-corrected chi connectivity index (χ3v) is 5.17. The summed E-state index contributed by atoms with van der Waals surface area (Å²) in [6.45, 7) is 5.10. The van der Waals surface area contributed by atoms with E-state index in [9.17, 15) is 34.1 Å². The van der Waals surface area contributed by atoms with Crippen molar-refractivity contribution in [3.8, 4) is 0 Å². The molecule has 0 saturated carbocycles. The van der Waals surface area contributed by atoms with E-state index in [0.717, 1.165) is 6.07 Å². The van der Waals surface area contributed by atoms with Gasteiger partial charge in [0.1, 0.15) is 12.1 Å². The molecule has 11 nitrogen and oxygen atoms in total. The number of benzene rings is 1. The third-order valence-electron chi connectivity index (χ3n) is 5.17. The minimum Gasteiger partial charge on any atom is -0.453 e. The quantitative estimate of drug-likeness (QED) is 0.225. The predicted molar refractivity (Wildman–Crippen MR) is 109 cm³/mol. The molecule has 1 N–H and O–H groups in total. The van der Waals surface area contributed by atoms with E-state index in [1.54, 1.807) is 13.8 Å². The number of carbonyl (C=O) groups is 5. The van der Waals surface area contributed by atoms with Gasteiger partial charge in [0.05, 0.1) is 16.2 Å². The molecule has 1 aliphatic rings. The van der Waals surface area contributed by atoms with Gasteiger partial charge in [-0.2, -0.15) is 0 Å². The Kier molecular flexibility index (Phi) is 5.76. The second-order valence-corrected chi connectivity index (χ2v) is 7.33. The number of nitro groups is 1. The van der Waals surface area contributed by atoms with Crippen LogP contribution in [0, 0.1) is 24.0 Å². The lowest BCUT2D eigenvalue weighted by molar-refractivity contribution is -0.385. The summed E-state index contributed by atoms with van der Waals surface area (Å²) in [5.41, 5.74) is 0.298. The molecular weight excluding hydrogens is 422 g/mol. The lowest BCUT2D eigenvalue weighted by Gasteiger charge is -2.16. The summed E-state index contributed by atoms with van der Waals surface area (Å²) in [4.78, 5) is 75.6. The molecule has 0 radical (unpaired) electrons. The molecule has 32 heavy (non-hydrogen) atoms. The first-order chi connectivity index (χ1) is 15.0. The van der Waals surface area contributed by atoms with Gasteiger partial charge < -0.3 is 9.72 Å². The van der Waals surface area contributed by atoms with Gasteiger partial charge in [-0.25, -0.2) is 0 Å². The summed E-state index contributed by atoms with van der Waals surface area (Å²) in [5, 5.41) is 11.2. The Morgan fingerprint density at radius 3 is 2.41 bits per heavy atom. The molecule has 2 heterocycles. The third kappa shape index (κ3) is 3.68. The fourth-order valence-electron chi connectivity index (χ4n) is 3.76. The Morgan fingerprint density at radius 2 is 1.84 bits per heavy atom. The van der Waals surface area contributed by atoms with Crippen LogP contribution in [-0.4, -0.2) is 56.8 Å². The number of amides is 2. The molecule has 1 unspecified atom stereocenters. The molecule has 11 heteroatoms. The zero-order valence-electron chi connectivity index (χ0n) is 17.7. The molecule has 166 valence electrons. The van der Waals surface area contributed by atoms with Gasteiger partial charge >= 0.3 is 5.97 Å². The number of aromatic nitrogens is 1. The monoisotopic (exact) mass is 441 g/mol. The van der Waals surface area contributed by atoms with Crippen LogP contribution in [0.3, 0.4) is 0 Å². The first kappa shape index (κ1) is 22.5. The summed E-state index contributed by atoms with van der Waals surface area (Å²) < 4.78 is 5.09. The Hall–Kier alpha value is -4.15. The van der Waals surface area contributed by atoms with Gasteiger partial charge in [0, 0.05) is 17.3 Å². The highest BCUT2D eigenvalue weighted by Crippen LogP contribution is 2.30. The smallest absolute Gasteiger partial charge is 0.326 e. The van der Waals surface area contributed by atoms with Crippen LogP contribution in [0.1, 0.15) is 66.7 Å². The molecule has 2 aromatic rings. The maximum atomic E-state index is 12.7. The average molecular weight is 441 g/mol. The molecule has 0 bridgehead atoms. The molecule has 1 aromatic carbocycles. The zero-order chi connectivity index (χ0) is 23.9. The summed E-state index contributed by atoms with van der Waals surface area (Å²) in [7, 11) is 0. The van der Waals surface area contributed by atoms with Gasteiger partial charge in [0.15, 0.2) is 11.9 Å². The Bertz CT molecular complexity index is 1210. The fourth-order valence-corrected chi connectivity index (χ4v) is 3.76. The molecule has 1 atom stereocenters. The molecule has 0 aliphatic carbocycles. The molecule has 1 aromatic heterocycles. The number of esters is 1. The van der Waals surface area contributed by atoms with Crippen LogP contribution in [0.5, 0.6) is 0 Å². The molecule has 3 rings (SSSR count). The van der Waals surface area contributed by atoms with E-state index in [0.29, 0.717) is 21.7 Å². The fraction of sp³-hybridized carbons (Fsp3) is 0.286. The highest BCUT2D eigenvalue weighted by Gasteiger charge is 2.42. The molecule has 2 amide bonds. The Balaban J connectivity index is 1.74. The Labute approximate surface area is 181 Å². The number of carbonyl (C=O) groups excluding carboxylic acids is 5. The largest absolute Gasteiger partial charge is 0.453 e. The number of H-pyrrole nitrogens is 1. The van der Waals surface area contributed by atoms with Crippen molar-refractivity contribution in [3.63, 3.8) is 0 Å². The number of ketones is 2. The van der Waals surface area contributed by atoms with Gasteiger partial charge in [0.25, 0.3) is 17.5 Å². The maximum Gasteiger partial charge on any atom is 0.326 e. The van der Waals surface area contributed by atoms with Crippen LogP contribution in [0.15, 0.2) is 18.2 Å². The van der Waals surface area contributed by atoms with Crippen LogP contribution in [0.25, 0.3) is 0 Å². The number of nitrogens with zero attached hydrogens (tertiary/aromatic N) is 2. The van der Waals surface area contributed by atoms with Crippen molar-refractivity contribution < 1.29 is 33.6 Å². The van der Waals surface area contributed by atoms with Crippen molar-refractivity contribution in [1.29, 1.82) is 0 Å². The second-order valence-electron chi connectivity index (χ2n) is 7.33. The van der Waals surface area contributed by atoms with E-state index in [4.69, 9.17) is 4.74 Å². The normalized spacial score (nSPS) is 13.7. The number of nitrogens with one attached hydrogen (secondary N) is 1. The molecular formula is C21H19N3O8. The van der Waals surface area contributed by atoms with Gasteiger partial charge in [-0.1, -0.05) is 6.07 Å². The van der Waals surface area contributed by atoms with Crippen LogP contribution < -0.4 is 0 Å². The van der Waals surface area contributed by atoms with E-state index in [1.165, 1.54) is 26.0 Å². The summed E-state index contributed by atoms with van der Waals surface area (Å²) in [6, 6.07) is 3.60. The van der Waals surface area contributed by atoms with Crippen molar-refractivity contribution in [2.75, 3.05) is 6.54 Å². The van der Waals surface area contributed by atoms with Crippen molar-refractivity contribution in [3.05, 3.63) is 62.0 Å². The van der Waals surface area contributed by atoms with E-state index < -0.39 is 52.4 Å². The van der Waals surface area contributed by atoms with Crippen LogP contribution in [0.2, 0.25) is 0 Å². The summed E-state index contributed by atoms with van der Waals surface area (Å²) in [5.74, 6) is -3.72. The standard InChI is InChI=1S/C21H19N3O8/c1-9-16(11(3)25)10(2)22-18(9)19(27)12(4)32-15(26)8-23-20(28)13-6-5-7-14(24(30)31)17(13)21(23)29/h5-7,12,22H,8H2,1-4H3. The first-order valence-corrected chi connectivity index (χ1v) is 9.53. The maximum absolute atomic E-state index is 12.7. The van der Waals surface area contributed by atoms with Crippen LogP contribution in [-0.2, 0) is 9.53 Å². The zero-order valence-corrected chi connectivity index (χ0v) is 17.7. The molecule has 0 fully saturated rings. The summed E-state index contributed by atoms with van der Waals surface area (Å²) >= 11 is 0. The van der Waals surface area contributed by atoms with Gasteiger partial charge in [-0.15, -0.1) is 0 Å². The van der Waals surface area contributed by atoms with E-state index in [1.807, 2.05) is 0 Å². The number of nitro benzene ring substituents is 1. The lowest BCUT2D eigenvalue weighted by atomic mass is 10.0. The minimum atomic E-state index is -1.27. The average Bonchev–Trinajstić information content (AvgIpc) is 3.15. The van der Waals surface area contributed by atoms with Gasteiger partial charge in [0.2, 0.25) is 5.78 Å². The topological polar surface area (TPSA) is 157 Å². The van der Waals surface area contributed by atoms with Gasteiger partial charge in [-0.3, -0.25) is 39.0 Å². The first-order valence-electron chi connectivity index (χ1n) is 9.53. The second kappa shape index (κ2) is 8.17. The number of Topliss-reactive ketones (excluding diaryl/α,β-unsaturated/α-hetero) is 2. The highest BCUT2D eigenvalue weighted by atomic mass is 16.6. The van der Waals surface area contributed by atoms with Crippen molar-refractivity contribution in [1.82, 2.24) is 9.88 Å². The number of fused-ring (bicyclic) bond motifs is 1. The number of imide groups is 1. The minimum absolute atomic E-state index is 0.115. The van der Waals surface area contributed by atoms with E-state index in [2.05, 4.69) is 4.98 Å². The lowest BCUT2D eigenvalue weighted by Crippen LogP contribution is -2.38. The van der Waals surface area contributed by atoms with Crippen molar-refractivity contribution in [2.24, 2.45) is 0 Å². The number of aromatic amines is 1. The van der Waals surface area contributed by atoms with E-state index >= 15 is 0 Å². The summed E-state index contributed by atoms with van der Waals surface area (Å²) in [6.07, 6.45) is -1.27. The molecule has 0 spiro atoms. The number of hydrogen-bond donors (Lipinski definition) is 1.